The van der Waals surface area contributed by atoms with Gasteiger partial charge in [0.25, 0.3) is 0 Å². The molecule has 0 aliphatic heterocycles. The molecule has 0 saturated heterocycles. The molecule has 2 N–H and O–H groups in total. The molecule has 0 aliphatic rings. The second-order valence-corrected chi connectivity index (χ2v) is 6.48. The fourth-order valence-corrected chi connectivity index (χ4v) is 2.99. The Morgan fingerprint density at radius 3 is 2.32 bits per heavy atom. The van der Waals surface area contributed by atoms with Crippen LogP contribution in [0.1, 0.15) is 54.6 Å². The van der Waals surface area contributed by atoms with E-state index in [9.17, 15) is 4.79 Å². The van der Waals surface area contributed by atoms with Gasteiger partial charge in [0.2, 0.25) is 0 Å². The van der Waals surface area contributed by atoms with Gasteiger partial charge in [-0.25, -0.2) is 10.1 Å². The van der Waals surface area contributed by atoms with Crippen LogP contribution in [0.5, 0.6) is 0 Å². The number of carbonyl (C=O) groups is 1. The number of aryl methyl sites for hydroxylation is 1. The molecule has 1 unspecified atom stereocenters. The molecule has 0 spiro atoms. The first-order valence-electron chi connectivity index (χ1n) is 8.02. The highest BCUT2D eigenvalue weighted by atomic mass is 16.1. The first kappa shape index (κ1) is 16.4. The van der Waals surface area contributed by atoms with Gasteiger partial charge in [0.15, 0.2) is 0 Å². The van der Waals surface area contributed by atoms with Crippen LogP contribution in [0.15, 0.2) is 48.5 Å². The molecule has 0 bridgehead atoms. The first-order chi connectivity index (χ1) is 10.5. The number of benzene rings is 2. The van der Waals surface area contributed by atoms with E-state index in [1.807, 2.05) is 43.3 Å². The molecule has 2 nitrogen and oxygen atoms in total. The molecule has 2 heteroatoms. The van der Waals surface area contributed by atoms with Crippen molar-refractivity contribution >= 4 is 11.6 Å². The number of rotatable bonds is 5. The molecular weight excluding hydrogens is 270 g/mol. The van der Waals surface area contributed by atoms with Crippen molar-refractivity contribution in [3.63, 3.8) is 0 Å². The third kappa shape index (κ3) is 4.05. The fraction of sp³-hybridized carbons (Fsp3) is 0.350. The molecule has 2 rings (SSSR count). The van der Waals surface area contributed by atoms with E-state index >= 15 is 0 Å². The number of para-hydroxylation sites is 1. The lowest BCUT2D eigenvalue weighted by Gasteiger charge is -2.16. The average molecular weight is 296 g/mol. The predicted molar refractivity (Wildman–Crippen MR) is 91.4 cm³/mol. The summed E-state index contributed by atoms with van der Waals surface area (Å²) in [5.41, 5.74) is 4.12. The summed E-state index contributed by atoms with van der Waals surface area (Å²) >= 11 is 0. The minimum absolute atomic E-state index is 0.0855. The number of primary amides is 1. The Hall–Kier alpha value is -1.93. The molecule has 0 aromatic heterocycles. The first-order valence-corrected chi connectivity index (χ1v) is 8.02. The van der Waals surface area contributed by atoms with Gasteiger partial charge >= 0.3 is 5.91 Å². The Balaban J connectivity index is 2.23. The van der Waals surface area contributed by atoms with Crippen molar-refractivity contribution in [3.05, 3.63) is 65.2 Å². The maximum Gasteiger partial charge on any atom is 0.347 e. The normalized spacial score (nSPS) is 12.4. The minimum atomic E-state index is 0.0855. The van der Waals surface area contributed by atoms with Crippen molar-refractivity contribution < 1.29 is 10.1 Å². The Morgan fingerprint density at radius 1 is 1.00 bits per heavy atom. The van der Waals surface area contributed by atoms with E-state index in [0.717, 1.165) is 23.2 Å². The van der Waals surface area contributed by atoms with Crippen molar-refractivity contribution in [2.24, 2.45) is 5.92 Å². The SMILES string of the molecule is Cc1ccccc1C(=O)[NH2+]c1ccccc1C(C)CC(C)C. The van der Waals surface area contributed by atoms with Crippen LogP contribution >= 0.6 is 0 Å². The van der Waals surface area contributed by atoms with Crippen LogP contribution in [0, 0.1) is 12.8 Å². The lowest BCUT2D eigenvalue weighted by Crippen LogP contribution is -2.82. The maximum atomic E-state index is 12.6. The summed E-state index contributed by atoms with van der Waals surface area (Å²) < 4.78 is 0. The zero-order valence-electron chi connectivity index (χ0n) is 14.0. The second kappa shape index (κ2) is 7.37. The zero-order chi connectivity index (χ0) is 16.1. The highest BCUT2D eigenvalue weighted by Crippen LogP contribution is 2.27. The van der Waals surface area contributed by atoms with Gasteiger partial charge in [-0.2, -0.15) is 0 Å². The van der Waals surface area contributed by atoms with E-state index in [1.54, 1.807) is 5.32 Å². The monoisotopic (exact) mass is 296 g/mol. The van der Waals surface area contributed by atoms with E-state index in [-0.39, 0.29) is 5.91 Å². The van der Waals surface area contributed by atoms with Gasteiger partial charge in [-0.05, 0) is 42.9 Å². The van der Waals surface area contributed by atoms with E-state index < -0.39 is 0 Å². The lowest BCUT2D eigenvalue weighted by molar-refractivity contribution is -0.464. The van der Waals surface area contributed by atoms with Gasteiger partial charge in [0.1, 0.15) is 5.69 Å². The highest BCUT2D eigenvalue weighted by molar-refractivity contribution is 5.89. The number of hydrogen-bond donors (Lipinski definition) is 1. The summed E-state index contributed by atoms with van der Waals surface area (Å²) in [6.45, 7) is 8.70. The van der Waals surface area contributed by atoms with Gasteiger partial charge < -0.3 is 0 Å². The molecule has 1 amide bonds. The van der Waals surface area contributed by atoms with E-state index in [1.165, 1.54) is 5.56 Å². The summed E-state index contributed by atoms with van der Waals surface area (Å²) in [5, 5.41) is 1.79. The summed E-state index contributed by atoms with van der Waals surface area (Å²) in [5.74, 6) is 1.19. The summed E-state index contributed by atoms with van der Waals surface area (Å²) in [6.07, 6.45) is 1.13. The lowest BCUT2D eigenvalue weighted by atomic mass is 9.91. The molecular formula is C20H26NO+. The minimum Gasteiger partial charge on any atom is -0.246 e. The Kier molecular flexibility index (Phi) is 5.51. The van der Waals surface area contributed by atoms with Gasteiger partial charge in [-0.15, -0.1) is 0 Å². The number of carbonyl (C=O) groups excluding carboxylic acids is 1. The number of nitrogens with two attached hydrogens (primary N) is 1. The molecule has 1 atom stereocenters. The molecule has 116 valence electrons. The topological polar surface area (TPSA) is 33.7 Å². The zero-order valence-corrected chi connectivity index (χ0v) is 14.0. The summed E-state index contributed by atoms with van der Waals surface area (Å²) in [7, 11) is 0. The third-order valence-electron chi connectivity index (χ3n) is 4.05. The molecule has 0 saturated carbocycles. The largest absolute Gasteiger partial charge is 0.347 e. The standard InChI is InChI=1S/C20H25NO/c1-14(2)13-16(4)17-10-7-8-12-19(17)21-20(22)18-11-6-5-9-15(18)3/h5-12,14,16H,13H2,1-4H3,(H,21,22)/p+1. The predicted octanol–water partition coefficient (Wildman–Crippen LogP) is 4.18. The van der Waals surface area contributed by atoms with Crippen molar-refractivity contribution in [2.75, 3.05) is 0 Å². The molecule has 0 heterocycles. The van der Waals surface area contributed by atoms with E-state index in [2.05, 4.69) is 32.9 Å². The van der Waals surface area contributed by atoms with Gasteiger partial charge in [0, 0.05) is 5.56 Å². The van der Waals surface area contributed by atoms with Crippen molar-refractivity contribution in [3.8, 4) is 0 Å². The summed E-state index contributed by atoms with van der Waals surface area (Å²) in [4.78, 5) is 12.6. The molecule has 2 aromatic carbocycles. The van der Waals surface area contributed by atoms with Crippen LogP contribution in [0.3, 0.4) is 0 Å². The maximum absolute atomic E-state index is 12.6. The smallest absolute Gasteiger partial charge is 0.246 e. The fourth-order valence-electron chi connectivity index (χ4n) is 2.99. The Morgan fingerprint density at radius 2 is 1.64 bits per heavy atom. The number of quaternary nitrogens is 1. The number of amides is 1. The summed E-state index contributed by atoms with van der Waals surface area (Å²) in [6, 6.07) is 16.0. The van der Waals surface area contributed by atoms with E-state index in [4.69, 9.17) is 0 Å². The van der Waals surface area contributed by atoms with E-state index in [0.29, 0.717) is 11.8 Å². The third-order valence-corrected chi connectivity index (χ3v) is 4.05. The highest BCUT2D eigenvalue weighted by Gasteiger charge is 2.19. The van der Waals surface area contributed by atoms with Crippen LogP contribution in [0.2, 0.25) is 0 Å². The molecule has 0 radical (unpaired) electrons. The van der Waals surface area contributed by atoms with Crippen LogP contribution < -0.4 is 5.32 Å². The molecule has 22 heavy (non-hydrogen) atoms. The molecule has 0 fully saturated rings. The average Bonchev–Trinajstić information content (AvgIpc) is 2.47. The Labute approximate surface area is 133 Å². The number of hydrogen-bond acceptors (Lipinski definition) is 1. The molecule has 0 aliphatic carbocycles. The van der Waals surface area contributed by atoms with Crippen LogP contribution in [-0.4, -0.2) is 5.91 Å². The van der Waals surface area contributed by atoms with Crippen molar-refractivity contribution in [1.29, 1.82) is 0 Å². The van der Waals surface area contributed by atoms with Gasteiger partial charge in [-0.3, -0.25) is 0 Å². The Bertz CT molecular complexity index is 646. The van der Waals surface area contributed by atoms with Crippen molar-refractivity contribution in [1.82, 2.24) is 0 Å². The molecule has 2 aromatic rings. The van der Waals surface area contributed by atoms with Gasteiger partial charge in [0.05, 0.1) is 5.56 Å². The second-order valence-electron chi connectivity index (χ2n) is 6.48. The van der Waals surface area contributed by atoms with Crippen LogP contribution in [0.25, 0.3) is 0 Å². The van der Waals surface area contributed by atoms with Crippen LogP contribution in [0.4, 0.5) is 5.69 Å². The van der Waals surface area contributed by atoms with Crippen molar-refractivity contribution in [2.45, 2.75) is 40.0 Å². The quantitative estimate of drug-likeness (QED) is 0.825. The van der Waals surface area contributed by atoms with Gasteiger partial charge in [-0.1, -0.05) is 57.2 Å². The van der Waals surface area contributed by atoms with Crippen LogP contribution in [-0.2, 0) is 0 Å².